The molecule has 2 saturated heterocycles. The summed E-state index contributed by atoms with van der Waals surface area (Å²) in [7, 11) is 2.04. The number of rotatable bonds is 4. The third kappa shape index (κ3) is 14.9. The van der Waals surface area contributed by atoms with E-state index in [2.05, 4.69) is 202 Å². The summed E-state index contributed by atoms with van der Waals surface area (Å²) in [6, 6.07) is 7.06. The number of carbonyl (C=O) groups is 2. The van der Waals surface area contributed by atoms with Gasteiger partial charge in [-0.1, -0.05) is 29.9 Å². The molecule has 86 heavy (non-hydrogen) atoms. The summed E-state index contributed by atoms with van der Waals surface area (Å²) in [5.41, 5.74) is 3.15. The molecular weight excluding hydrogens is 1100 g/mol. The fraction of sp³-hybridized carbons (Fsp3) is 0.333. The molecule has 2 saturated carbocycles. The van der Waals surface area contributed by atoms with Gasteiger partial charge in [-0.15, -0.1) is 26.4 Å². The number of hydrogen-bond donors (Lipinski definition) is 11. The highest BCUT2D eigenvalue weighted by Gasteiger charge is 2.74. The van der Waals surface area contributed by atoms with Gasteiger partial charge in [0.25, 0.3) is 0 Å². The number of likely N-dealkylation sites (tertiary alicyclic amines) is 1. The lowest BCUT2D eigenvalue weighted by Gasteiger charge is -2.61. The van der Waals surface area contributed by atoms with Gasteiger partial charge in [0.2, 0.25) is 0 Å². The Kier molecular flexibility index (Phi) is 25.7. The number of nitrogens with one attached hydrogen (secondary N) is 3. The van der Waals surface area contributed by atoms with Crippen LogP contribution in [-0.4, -0.2) is 114 Å². The molecule has 4 heterocycles. The molecule has 0 radical (unpaired) electrons. The van der Waals surface area contributed by atoms with E-state index in [0.29, 0.717) is 56.4 Å². The van der Waals surface area contributed by atoms with Crippen LogP contribution in [0.3, 0.4) is 0 Å². The quantitative estimate of drug-likeness (QED) is 0.113. The second kappa shape index (κ2) is 33.2. The number of ketones is 2. The first-order valence-corrected chi connectivity index (χ1v) is 25.6. The highest BCUT2D eigenvalue weighted by atomic mass is 17.4. The van der Waals surface area contributed by atoms with Gasteiger partial charge in [0.15, 0.2) is 46.8 Å². The van der Waals surface area contributed by atoms with Crippen LogP contribution < -0.4 is 26.1 Å². The summed E-state index contributed by atoms with van der Waals surface area (Å²) in [5, 5.41) is 75.5. The Morgan fingerprint density at radius 3 is 1.28 bits per heavy atom. The molecule has 0 amide bonds. The first-order valence-electron chi connectivity index (χ1n) is 25.6. The largest absolute Gasteiger partial charge is 0.504 e. The van der Waals surface area contributed by atoms with Crippen LogP contribution in [0.4, 0.5) is 0 Å². The van der Waals surface area contributed by atoms with Gasteiger partial charge in [0.1, 0.15) is 0 Å². The van der Waals surface area contributed by atoms with Gasteiger partial charge in [-0.2, -0.15) is 0 Å². The number of ether oxygens (including phenoxy) is 2. The molecule has 20 heteroatoms. The predicted octanol–water partition coefficient (Wildman–Crippen LogP) is 4.58. The average Bonchev–Trinajstić information content (AvgIpc) is 1.43. The van der Waals surface area contributed by atoms with Crippen LogP contribution in [0, 0.1) is 178 Å². The first-order chi connectivity index (χ1) is 41.7. The highest BCUT2D eigenvalue weighted by Crippen LogP contribution is 2.65. The number of terminal acetylenes is 1. The molecule has 0 aromatic heterocycles. The fourth-order valence-corrected chi connectivity index (χ4v) is 11.7. The van der Waals surface area contributed by atoms with Crippen molar-refractivity contribution in [3.63, 3.8) is 0 Å². The maximum Gasteiger partial charge on any atom is 0.174 e. The van der Waals surface area contributed by atoms with Gasteiger partial charge < -0.3 is 40.1 Å². The summed E-state index contributed by atoms with van der Waals surface area (Å²) in [5.74, 6) is 73.6. The second-order valence-corrected chi connectivity index (χ2v) is 18.6. The standard InChI is InChI=1S/C17H19NO4.C17H4.C16H17NO4.C16H6.2H3NO4.12H2/c1-18-7-6-16-13-9-2-3-10(19)14(13)22-15(16)11(20)4-5-17(16,21)12(18)8-9;1-3-5-7-9-11-13-15-17-16-14-12-10-8-6-4-2;18-9-2-1-8-7-11-16(20)4-3-10(19)14-15(16,5-6-17-11)12(8)13(9)21-14;1-3-5-7-9-11-13-15-16-14-12-10-8-6-4-2;2*2-4-1-5-3;;;;;;;;;;;;/h2-3,12,15,19,21H,4-8H2,1H3;1H,2H3;1-2,11,14,17-18,20H,3-7H2;1-2H3;2*1-3H;12*1H/t12-,15+,16+,17-;;11-,14+,15+,16-;;;;;;;;;;;;;;;/m1.1.............../s1. The maximum absolute atomic E-state index is 12.5. The zero-order chi connectivity index (χ0) is 62.4. The number of carbonyl (C=O) groups excluding carboxylic acids is 2. The lowest BCUT2D eigenvalue weighted by atomic mass is 9.49. The molecule has 456 valence electrons. The van der Waals surface area contributed by atoms with Crippen molar-refractivity contribution in [1.29, 1.82) is 0 Å². The number of hydrogen-bond acceptors (Lipinski definition) is 20. The predicted molar refractivity (Wildman–Crippen MR) is 333 cm³/mol. The number of Topliss-reactive ketones (excluding diaryl/α,β-unsaturated/α-hetero) is 2. The third-order valence-corrected chi connectivity index (χ3v) is 14.6. The number of aliphatic hydroxyl groups is 2. The Bertz CT molecular complexity index is 3930. The number of likely N-dealkylation sites (N-methyl/N-ethyl adjacent to an activating group) is 1. The molecule has 2 aromatic carbocycles. The molecular formula is C66H76N4O16. The normalized spacial score (nSPS) is 23.5. The van der Waals surface area contributed by atoms with E-state index in [1.807, 2.05) is 19.2 Å². The van der Waals surface area contributed by atoms with E-state index in [0.717, 1.165) is 41.8 Å². The Balaban J connectivity index is -0.000000170. The van der Waals surface area contributed by atoms with E-state index >= 15 is 0 Å². The number of nitrogens with zero attached hydrogens (tertiary/aromatic N) is 1. The minimum Gasteiger partial charge on any atom is -0.504 e. The van der Waals surface area contributed by atoms with E-state index in [1.165, 1.54) is 11.3 Å². The van der Waals surface area contributed by atoms with Crippen LogP contribution in [0.25, 0.3) is 0 Å². The van der Waals surface area contributed by atoms with Crippen molar-refractivity contribution in [2.75, 3.05) is 20.1 Å². The number of piperidine rings is 2. The SMILES string of the molecule is C#CC#CC#CC#CC#CC#CC#CC#CC.CC#CC#CC#CC#CC#CC#CC#CC.CN1CC[C@]23c4c5ccc(O)c4O[C@H]2C(=O)CC[C@@]3(O)[C@H]1C5.O=C1CC[C@@]2(O)[C@H]3Cc4ccc(O)c5c4[C@@]2(CCN3)[C@H]1O5.OONOO.OONOO.[HH].[HH].[HH].[HH].[HH].[HH].[HH].[HH].[HH].[HH].[HH].[HH]. The Morgan fingerprint density at radius 1 is 0.547 bits per heavy atom. The van der Waals surface area contributed by atoms with E-state index in [4.69, 9.17) is 36.9 Å². The molecule has 4 aliphatic carbocycles. The average molecular weight is 1180 g/mol. The third-order valence-electron chi connectivity index (χ3n) is 14.6. The van der Waals surface area contributed by atoms with E-state index in [9.17, 15) is 30.0 Å². The van der Waals surface area contributed by atoms with Crippen molar-refractivity contribution < 1.29 is 97.6 Å². The number of phenols is 2. The van der Waals surface area contributed by atoms with Crippen molar-refractivity contribution in [3.05, 3.63) is 46.5 Å². The van der Waals surface area contributed by atoms with Crippen molar-refractivity contribution in [1.82, 2.24) is 21.5 Å². The molecule has 11 N–H and O–H groups in total. The molecule has 8 atom stereocenters. The fourth-order valence-electron chi connectivity index (χ4n) is 11.7. The minimum atomic E-state index is -0.962. The number of phenolic OH excluding ortho intramolecular Hbond substituents is 2. The highest BCUT2D eigenvalue weighted by molar-refractivity contribution is 5.91. The molecule has 2 spiro atoms. The minimum absolute atomic E-state index is 0. The van der Waals surface area contributed by atoms with Gasteiger partial charge in [0.05, 0.1) is 22.0 Å². The summed E-state index contributed by atoms with van der Waals surface area (Å²) in [6.07, 6.45) is 8.03. The van der Waals surface area contributed by atoms with Crippen molar-refractivity contribution in [2.45, 2.75) is 118 Å². The topological polar surface area (TPSA) is 291 Å². The van der Waals surface area contributed by atoms with Gasteiger partial charge in [-0.3, -0.25) is 9.59 Å². The maximum atomic E-state index is 12.5. The van der Waals surface area contributed by atoms with E-state index < -0.39 is 34.2 Å². The number of aromatic hydroxyl groups is 2. The van der Waals surface area contributed by atoms with Crippen LogP contribution in [0.2, 0.25) is 0 Å². The van der Waals surface area contributed by atoms with Gasteiger partial charge in [-0.25, -0.2) is 21.0 Å². The Labute approximate surface area is 515 Å². The zero-order valence-corrected chi connectivity index (χ0v) is 46.6. The van der Waals surface area contributed by atoms with Crippen molar-refractivity contribution in [2.24, 2.45) is 0 Å². The summed E-state index contributed by atoms with van der Waals surface area (Å²) >= 11 is 0. The molecule has 0 unspecified atom stereocenters. The van der Waals surface area contributed by atoms with E-state index in [-0.39, 0.29) is 52.3 Å². The lowest BCUT2D eigenvalue weighted by Crippen LogP contribution is -2.76. The van der Waals surface area contributed by atoms with Crippen LogP contribution in [0.1, 0.15) is 98.7 Å². The Hall–Kier alpha value is -10.2. The summed E-state index contributed by atoms with van der Waals surface area (Å²) in [4.78, 5) is 39.0. The monoisotopic (exact) mass is 1180 g/mol. The number of benzene rings is 2. The molecule has 10 rings (SSSR count). The summed E-state index contributed by atoms with van der Waals surface area (Å²) < 4.78 is 11.8. The molecule has 2 aromatic rings. The van der Waals surface area contributed by atoms with E-state index in [1.54, 1.807) is 32.9 Å². The summed E-state index contributed by atoms with van der Waals surface area (Å²) in [6.45, 7) is 6.71. The Morgan fingerprint density at radius 2 is 0.907 bits per heavy atom. The molecule has 20 nitrogen and oxygen atoms in total. The lowest BCUT2D eigenvalue weighted by molar-refractivity contribution is -0.456. The van der Waals surface area contributed by atoms with Crippen LogP contribution in [0.5, 0.6) is 23.0 Å². The first kappa shape index (κ1) is 66.6. The van der Waals surface area contributed by atoms with Crippen LogP contribution >= 0.6 is 0 Å². The van der Waals surface area contributed by atoms with Gasteiger partial charge in [0, 0.05) is 53.2 Å². The van der Waals surface area contributed by atoms with Gasteiger partial charge >= 0.3 is 0 Å². The molecule has 4 aliphatic heterocycles. The van der Waals surface area contributed by atoms with Gasteiger partial charge in [-0.05, 0) is 268 Å². The smallest absolute Gasteiger partial charge is 0.174 e. The van der Waals surface area contributed by atoms with Crippen LogP contribution in [0.15, 0.2) is 24.3 Å². The second-order valence-electron chi connectivity index (χ2n) is 18.6. The van der Waals surface area contributed by atoms with Crippen molar-refractivity contribution >= 4 is 11.6 Å². The zero-order valence-electron chi connectivity index (χ0n) is 46.6. The molecule has 4 bridgehead atoms. The molecule has 8 aliphatic rings. The molecule has 4 fully saturated rings. The van der Waals surface area contributed by atoms with Crippen LogP contribution in [-0.2, 0) is 53.2 Å². The van der Waals surface area contributed by atoms with Crippen molar-refractivity contribution in [3.8, 4) is 201 Å².